The maximum absolute atomic E-state index is 12.1. The van der Waals surface area contributed by atoms with E-state index in [9.17, 15) is 9.59 Å². The highest BCUT2D eigenvalue weighted by Gasteiger charge is 2.17. The van der Waals surface area contributed by atoms with E-state index >= 15 is 0 Å². The normalized spacial score (nSPS) is 14.7. The lowest BCUT2D eigenvalue weighted by atomic mass is 9.87. The number of rotatable bonds is 5. The highest BCUT2D eigenvalue weighted by atomic mass is 16.2. The summed E-state index contributed by atoms with van der Waals surface area (Å²) < 4.78 is 0. The van der Waals surface area contributed by atoms with E-state index in [1.165, 1.54) is 25.5 Å². The molecule has 1 saturated carbocycles. The molecule has 2 N–H and O–H groups in total. The zero-order valence-corrected chi connectivity index (χ0v) is 14.2. The lowest BCUT2D eigenvalue weighted by Gasteiger charge is -2.20. The number of aromatic nitrogens is 1. The fourth-order valence-corrected chi connectivity index (χ4v) is 3.20. The number of pyridine rings is 1. The standard InChI is InChI=1S/C20H23N3O2/c24-19(13-15-5-2-1-3-6-15)22-17-8-10-18(11-9-17)23-20(25)16-7-4-12-21-14-16/h4,7-12,14-15H,1-3,5-6,13H2,(H,22,24)(H,23,25). The first-order valence-corrected chi connectivity index (χ1v) is 8.82. The Morgan fingerprint density at radius 1 is 0.960 bits per heavy atom. The van der Waals surface area contributed by atoms with E-state index in [1.54, 1.807) is 42.6 Å². The van der Waals surface area contributed by atoms with Gasteiger partial charge in [-0.2, -0.15) is 0 Å². The minimum Gasteiger partial charge on any atom is -0.326 e. The average molecular weight is 337 g/mol. The summed E-state index contributed by atoms with van der Waals surface area (Å²) in [5, 5.41) is 5.75. The smallest absolute Gasteiger partial charge is 0.257 e. The fraction of sp³-hybridized carbons (Fsp3) is 0.350. The van der Waals surface area contributed by atoms with Crippen LogP contribution < -0.4 is 10.6 Å². The summed E-state index contributed by atoms with van der Waals surface area (Å²) in [6, 6.07) is 10.6. The maximum Gasteiger partial charge on any atom is 0.257 e. The van der Waals surface area contributed by atoms with Crippen LogP contribution in [0.4, 0.5) is 11.4 Å². The number of nitrogens with zero attached hydrogens (tertiary/aromatic N) is 1. The van der Waals surface area contributed by atoms with Crippen LogP contribution in [0.15, 0.2) is 48.8 Å². The van der Waals surface area contributed by atoms with Crippen LogP contribution in [0.25, 0.3) is 0 Å². The molecule has 0 radical (unpaired) electrons. The summed E-state index contributed by atoms with van der Waals surface area (Å²) >= 11 is 0. The summed E-state index contributed by atoms with van der Waals surface area (Å²) in [6.45, 7) is 0. The largest absolute Gasteiger partial charge is 0.326 e. The molecule has 1 heterocycles. The van der Waals surface area contributed by atoms with E-state index in [0.717, 1.165) is 18.5 Å². The molecule has 130 valence electrons. The minimum absolute atomic E-state index is 0.0686. The Bertz CT molecular complexity index is 707. The Hall–Kier alpha value is -2.69. The van der Waals surface area contributed by atoms with Crippen LogP contribution in [0, 0.1) is 5.92 Å². The summed E-state index contributed by atoms with van der Waals surface area (Å²) in [5.41, 5.74) is 1.94. The van der Waals surface area contributed by atoms with Crippen molar-refractivity contribution in [1.82, 2.24) is 4.98 Å². The van der Waals surface area contributed by atoms with Gasteiger partial charge in [0.2, 0.25) is 5.91 Å². The predicted octanol–water partition coefficient (Wildman–Crippen LogP) is 4.24. The van der Waals surface area contributed by atoms with Gasteiger partial charge < -0.3 is 10.6 Å². The van der Waals surface area contributed by atoms with Crippen molar-refractivity contribution in [3.05, 3.63) is 54.4 Å². The van der Waals surface area contributed by atoms with Crippen LogP contribution in [0.5, 0.6) is 0 Å². The molecule has 1 fully saturated rings. The van der Waals surface area contributed by atoms with E-state index < -0.39 is 0 Å². The molecule has 1 aliphatic carbocycles. The molecule has 3 rings (SSSR count). The van der Waals surface area contributed by atoms with Gasteiger partial charge in [0, 0.05) is 30.2 Å². The highest BCUT2D eigenvalue weighted by Crippen LogP contribution is 2.26. The molecule has 2 amide bonds. The molecule has 2 aromatic rings. The molecule has 0 atom stereocenters. The second-order valence-electron chi connectivity index (χ2n) is 6.53. The van der Waals surface area contributed by atoms with Gasteiger partial charge in [-0.1, -0.05) is 19.3 Å². The van der Waals surface area contributed by atoms with E-state index in [2.05, 4.69) is 15.6 Å². The van der Waals surface area contributed by atoms with Crippen LogP contribution >= 0.6 is 0 Å². The Balaban J connectivity index is 1.51. The summed E-state index contributed by atoms with van der Waals surface area (Å²) in [7, 11) is 0. The van der Waals surface area contributed by atoms with Gasteiger partial charge in [-0.15, -0.1) is 0 Å². The number of nitrogens with one attached hydrogen (secondary N) is 2. The molecule has 1 aromatic heterocycles. The van der Waals surface area contributed by atoms with E-state index in [4.69, 9.17) is 0 Å². The first-order chi connectivity index (χ1) is 12.2. The van der Waals surface area contributed by atoms with Crippen molar-refractivity contribution in [3.63, 3.8) is 0 Å². The van der Waals surface area contributed by atoms with Gasteiger partial charge in [-0.05, 0) is 55.2 Å². The molecule has 0 unspecified atom stereocenters. The molecule has 1 aromatic carbocycles. The Kier molecular flexibility index (Phi) is 5.77. The van der Waals surface area contributed by atoms with Gasteiger partial charge in [0.05, 0.1) is 5.56 Å². The topological polar surface area (TPSA) is 71.1 Å². The van der Waals surface area contributed by atoms with E-state index in [1.807, 2.05) is 0 Å². The highest BCUT2D eigenvalue weighted by molar-refractivity contribution is 6.04. The summed E-state index contributed by atoms with van der Waals surface area (Å²) in [6.07, 6.45) is 9.84. The number of hydrogen-bond acceptors (Lipinski definition) is 3. The number of anilines is 2. The molecule has 25 heavy (non-hydrogen) atoms. The van der Waals surface area contributed by atoms with Crippen LogP contribution in [-0.2, 0) is 4.79 Å². The molecule has 0 aliphatic heterocycles. The number of hydrogen-bond donors (Lipinski definition) is 2. The van der Waals surface area contributed by atoms with E-state index in [-0.39, 0.29) is 11.8 Å². The van der Waals surface area contributed by atoms with Crippen molar-refractivity contribution in [3.8, 4) is 0 Å². The van der Waals surface area contributed by atoms with Crippen molar-refractivity contribution in [1.29, 1.82) is 0 Å². The maximum atomic E-state index is 12.1. The zero-order chi connectivity index (χ0) is 17.5. The molecular weight excluding hydrogens is 314 g/mol. The van der Waals surface area contributed by atoms with Crippen molar-refractivity contribution in [2.24, 2.45) is 5.92 Å². The molecular formula is C20H23N3O2. The first-order valence-electron chi connectivity index (χ1n) is 8.82. The first kappa shape index (κ1) is 17.1. The van der Waals surface area contributed by atoms with Crippen LogP contribution in [0.1, 0.15) is 48.9 Å². The Labute approximate surface area is 147 Å². The van der Waals surface area contributed by atoms with Crippen LogP contribution in [0.2, 0.25) is 0 Å². The quantitative estimate of drug-likeness (QED) is 0.857. The SMILES string of the molecule is O=C(CC1CCCCC1)Nc1ccc(NC(=O)c2cccnc2)cc1. The number of carbonyl (C=O) groups excluding carboxylic acids is 2. The van der Waals surface area contributed by atoms with Crippen molar-refractivity contribution in [2.45, 2.75) is 38.5 Å². The Morgan fingerprint density at radius 3 is 2.28 bits per heavy atom. The predicted molar refractivity (Wildman–Crippen MR) is 98.5 cm³/mol. The average Bonchev–Trinajstić information content (AvgIpc) is 2.65. The van der Waals surface area contributed by atoms with Crippen LogP contribution in [0.3, 0.4) is 0 Å². The zero-order valence-electron chi connectivity index (χ0n) is 14.2. The van der Waals surface area contributed by atoms with E-state index in [0.29, 0.717) is 23.6 Å². The molecule has 0 saturated heterocycles. The minimum atomic E-state index is -0.206. The third-order valence-electron chi connectivity index (χ3n) is 4.55. The van der Waals surface area contributed by atoms with Crippen molar-refractivity contribution >= 4 is 23.2 Å². The van der Waals surface area contributed by atoms with Crippen LogP contribution in [-0.4, -0.2) is 16.8 Å². The third kappa shape index (κ3) is 5.14. The summed E-state index contributed by atoms with van der Waals surface area (Å²) in [4.78, 5) is 28.2. The lowest BCUT2D eigenvalue weighted by molar-refractivity contribution is -0.117. The Morgan fingerprint density at radius 2 is 1.64 bits per heavy atom. The van der Waals surface area contributed by atoms with Gasteiger partial charge >= 0.3 is 0 Å². The number of carbonyl (C=O) groups is 2. The molecule has 1 aliphatic rings. The van der Waals surface area contributed by atoms with Gasteiger partial charge in [0.25, 0.3) is 5.91 Å². The van der Waals surface area contributed by atoms with Crippen molar-refractivity contribution < 1.29 is 9.59 Å². The third-order valence-corrected chi connectivity index (χ3v) is 4.55. The van der Waals surface area contributed by atoms with Gasteiger partial charge in [0.15, 0.2) is 0 Å². The van der Waals surface area contributed by atoms with Gasteiger partial charge in [-0.25, -0.2) is 0 Å². The molecule has 0 bridgehead atoms. The number of benzene rings is 1. The molecule has 5 heteroatoms. The summed E-state index contributed by atoms with van der Waals surface area (Å²) in [5.74, 6) is 0.382. The van der Waals surface area contributed by atoms with Crippen molar-refractivity contribution in [2.75, 3.05) is 10.6 Å². The lowest BCUT2D eigenvalue weighted by Crippen LogP contribution is -2.18. The van der Waals surface area contributed by atoms with Gasteiger partial charge in [-0.3, -0.25) is 14.6 Å². The monoisotopic (exact) mass is 337 g/mol. The molecule has 5 nitrogen and oxygen atoms in total. The fourth-order valence-electron chi connectivity index (χ4n) is 3.20. The second kappa shape index (κ2) is 8.42. The second-order valence-corrected chi connectivity index (χ2v) is 6.53. The van der Waals surface area contributed by atoms with Gasteiger partial charge in [0.1, 0.15) is 0 Å². The number of amides is 2. The molecule has 0 spiro atoms.